The van der Waals surface area contributed by atoms with E-state index in [-0.39, 0.29) is 25.7 Å². The predicted octanol–water partition coefficient (Wildman–Crippen LogP) is -0.118. The van der Waals surface area contributed by atoms with Gasteiger partial charge in [0.25, 0.3) is 0 Å². The lowest BCUT2D eigenvalue weighted by atomic mass is 10.3. The highest BCUT2D eigenvalue weighted by molar-refractivity contribution is 5.95. The van der Waals surface area contributed by atoms with Crippen molar-refractivity contribution in [3.63, 3.8) is 0 Å². The Kier molecular flexibility index (Phi) is 8.19. The first kappa shape index (κ1) is 17.1. The molecule has 0 saturated carbocycles. The molecule has 2 N–H and O–H groups in total. The maximum absolute atomic E-state index is 11.6. The molecule has 0 aromatic heterocycles. The molecule has 0 spiro atoms. The standard InChI is InChI=1S/C12H21N3O4/c1-5-6-13-12(18)14-10(16)7-15(9(2)3)8-11(17)19-4/h5,9H,1,6-8H2,2-4H3,(H2,13,14,16,18). The number of hydrogen-bond acceptors (Lipinski definition) is 5. The molecule has 19 heavy (non-hydrogen) atoms. The molecule has 0 aliphatic heterocycles. The Balaban J connectivity index is 4.27. The summed E-state index contributed by atoms with van der Waals surface area (Å²) in [6.45, 7) is 7.33. The van der Waals surface area contributed by atoms with Crippen LogP contribution in [0.2, 0.25) is 0 Å². The van der Waals surface area contributed by atoms with Crippen molar-refractivity contribution in [3.8, 4) is 0 Å². The van der Waals surface area contributed by atoms with Crippen molar-refractivity contribution in [2.75, 3.05) is 26.7 Å². The zero-order valence-electron chi connectivity index (χ0n) is 11.6. The summed E-state index contributed by atoms with van der Waals surface area (Å²) in [6.07, 6.45) is 1.50. The van der Waals surface area contributed by atoms with Gasteiger partial charge in [0, 0.05) is 12.6 Å². The highest BCUT2D eigenvalue weighted by atomic mass is 16.5. The van der Waals surface area contributed by atoms with Gasteiger partial charge in [-0.15, -0.1) is 6.58 Å². The first-order valence-electron chi connectivity index (χ1n) is 5.90. The zero-order valence-corrected chi connectivity index (χ0v) is 11.6. The fraction of sp³-hybridized carbons (Fsp3) is 0.583. The first-order chi connectivity index (χ1) is 8.90. The smallest absolute Gasteiger partial charge is 0.321 e. The fourth-order valence-electron chi connectivity index (χ4n) is 1.21. The number of amides is 3. The van der Waals surface area contributed by atoms with Crippen LogP contribution in [0.5, 0.6) is 0 Å². The largest absolute Gasteiger partial charge is 0.468 e. The summed E-state index contributed by atoms with van der Waals surface area (Å²) in [6, 6.07) is -0.618. The summed E-state index contributed by atoms with van der Waals surface area (Å²) >= 11 is 0. The second kappa shape index (κ2) is 9.09. The lowest BCUT2D eigenvalue weighted by molar-refractivity contribution is -0.142. The van der Waals surface area contributed by atoms with E-state index < -0.39 is 17.9 Å². The fourth-order valence-corrected chi connectivity index (χ4v) is 1.21. The molecule has 0 bridgehead atoms. The SMILES string of the molecule is C=CCNC(=O)NC(=O)CN(CC(=O)OC)C(C)C. The van der Waals surface area contributed by atoms with Crippen molar-refractivity contribution in [1.82, 2.24) is 15.5 Å². The van der Waals surface area contributed by atoms with Gasteiger partial charge < -0.3 is 10.1 Å². The highest BCUT2D eigenvalue weighted by Gasteiger charge is 2.18. The summed E-state index contributed by atoms with van der Waals surface area (Å²) in [5, 5.41) is 4.58. The van der Waals surface area contributed by atoms with Crippen molar-refractivity contribution < 1.29 is 19.1 Å². The Hall–Kier alpha value is -1.89. The van der Waals surface area contributed by atoms with E-state index >= 15 is 0 Å². The van der Waals surface area contributed by atoms with E-state index in [1.165, 1.54) is 13.2 Å². The minimum atomic E-state index is -0.591. The molecule has 0 aliphatic rings. The van der Waals surface area contributed by atoms with Gasteiger partial charge in [-0.3, -0.25) is 19.8 Å². The molecule has 108 valence electrons. The molecule has 0 saturated heterocycles. The summed E-state index contributed by atoms with van der Waals surface area (Å²) in [5.41, 5.74) is 0. The lowest BCUT2D eigenvalue weighted by Gasteiger charge is -2.24. The molecule has 0 fully saturated rings. The lowest BCUT2D eigenvalue weighted by Crippen LogP contribution is -2.47. The molecule has 7 nitrogen and oxygen atoms in total. The van der Waals surface area contributed by atoms with E-state index in [0.29, 0.717) is 0 Å². The van der Waals surface area contributed by atoms with Gasteiger partial charge in [0.05, 0.1) is 20.2 Å². The minimum absolute atomic E-state index is 0.00410. The van der Waals surface area contributed by atoms with Crippen LogP contribution >= 0.6 is 0 Å². The number of urea groups is 1. The molecule has 0 aromatic carbocycles. The van der Waals surface area contributed by atoms with Crippen LogP contribution in [-0.2, 0) is 14.3 Å². The van der Waals surface area contributed by atoms with Crippen molar-refractivity contribution >= 4 is 17.9 Å². The average Bonchev–Trinajstić information content (AvgIpc) is 2.34. The van der Waals surface area contributed by atoms with Gasteiger partial charge in [0.15, 0.2) is 0 Å². The van der Waals surface area contributed by atoms with Crippen LogP contribution in [0.1, 0.15) is 13.8 Å². The quantitative estimate of drug-likeness (QED) is 0.498. The molecule has 0 rings (SSSR count). The van der Waals surface area contributed by atoms with Gasteiger partial charge in [0.2, 0.25) is 5.91 Å². The van der Waals surface area contributed by atoms with Gasteiger partial charge in [0.1, 0.15) is 0 Å². The number of methoxy groups -OCH3 is 1. The maximum Gasteiger partial charge on any atom is 0.321 e. The molecule has 0 atom stereocenters. The number of nitrogens with zero attached hydrogens (tertiary/aromatic N) is 1. The van der Waals surface area contributed by atoms with Crippen molar-refractivity contribution in [3.05, 3.63) is 12.7 Å². The highest BCUT2D eigenvalue weighted by Crippen LogP contribution is 1.98. The number of imide groups is 1. The monoisotopic (exact) mass is 271 g/mol. The number of carbonyl (C=O) groups excluding carboxylic acids is 3. The van der Waals surface area contributed by atoms with Crippen molar-refractivity contribution in [2.45, 2.75) is 19.9 Å². The third kappa shape index (κ3) is 7.93. The third-order valence-electron chi connectivity index (χ3n) is 2.30. The van der Waals surface area contributed by atoms with E-state index in [1.807, 2.05) is 13.8 Å². The summed E-state index contributed by atoms with van der Waals surface area (Å²) in [7, 11) is 1.28. The Morgan fingerprint density at radius 1 is 1.32 bits per heavy atom. The number of rotatable bonds is 7. The molecule has 0 aromatic rings. The van der Waals surface area contributed by atoms with Gasteiger partial charge in [-0.25, -0.2) is 4.79 Å². The number of carbonyl (C=O) groups is 3. The number of nitrogens with one attached hydrogen (secondary N) is 2. The number of ether oxygens (including phenoxy) is 1. The van der Waals surface area contributed by atoms with Gasteiger partial charge >= 0.3 is 12.0 Å². The van der Waals surface area contributed by atoms with Gasteiger partial charge in [-0.2, -0.15) is 0 Å². The van der Waals surface area contributed by atoms with Crippen LogP contribution in [0.4, 0.5) is 4.79 Å². The number of hydrogen-bond donors (Lipinski definition) is 2. The topological polar surface area (TPSA) is 87.7 Å². The molecular formula is C12H21N3O4. The van der Waals surface area contributed by atoms with E-state index in [0.717, 1.165) is 0 Å². The average molecular weight is 271 g/mol. The van der Waals surface area contributed by atoms with Crippen LogP contribution in [0.25, 0.3) is 0 Å². The second-order valence-electron chi connectivity index (χ2n) is 4.12. The van der Waals surface area contributed by atoms with Gasteiger partial charge in [-0.1, -0.05) is 6.08 Å². The Morgan fingerprint density at radius 3 is 2.42 bits per heavy atom. The van der Waals surface area contributed by atoms with Crippen LogP contribution in [0, 0.1) is 0 Å². The molecule has 0 radical (unpaired) electrons. The van der Waals surface area contributed by atoms with Crippen LogP contribution in [-0.4, -0.2) is 55.6 Å². The predicted molar refractivity (Wildman–Crippen MR) is 70.5 cm³/mol. The molecule has 0 unspecified atom stereocenters. The summed E-state index contributed by atoms with van der Waals surface area (Å²) in [5.74, 6) is -0.920. The Bertz CT molecular complexity index is 342. The summed E-state index contributed by atoms with van der Waals surface area (Å²) < 4.78 is 4.54. The normalized spacial score (nSPS) is 10.2. The molecular weight excluding hydrogens is 250 g/mol. The van der Waals surface area contributed by atoms with Crippen molar-refractivity contribution in [1.29, 1.82) is 0 Å². The van der Waals surface area contributed by atoms with Gasteiger partial charge in [-0.05, 0) is 13.8 Å². The second-order valence-corrected chi connectivity index (χ2v) is 4.12. The Labute approximate surface area is 113 Å². The molecule has 3 amide bonds. The van der Waals surface area contributed by atoms with E-state index in [4.69, 9.17) is 0 Å². The minimum Gasteiger partial charge on any atom is -0.468 e. The zero-order chi connectivity index (χ0) is 14.8. The molecule has 0 aliphatic carbocycles. The number of esters is 1. The maximum atomic E-state index is 11.6. The van der Waals surface area contributed by atoms with Crippen molar-refractivity contribution in [2.24, 2.45) is 0 Å². The van der Waals surface area contributed by atoms with E-state index in [9.17, 15) is 14.4 Å². The molecule has 0 heterocycles. The third-order valence-corrected chi connectivity index (χ3v) is 2.30. The first-order valence-corrected chi connectivity index (χ1v) is 5.90. The van der Waals surface area contributed by atoms with Crippen LogP contribution < -0.4 is 10.6 Å². The van der Waals surface area contributed by atoms with Crippen LogP contribution in [0.15, 0.2) is 12.7 Å². The van der Waals surface area contributed by atoms with Crippen LogP contribution in [0.3, 0.4) is 0 Å². The summed E-state index contributed by atoms with van der Waals surface area (Å²) in [4.78, 5) is 35.6. The molecule has 7 heteroatoms. The van der Waals surface area contributed by atoms with E-state index in [1.54, 1.807) is 4.90 Å². The van der Waals surface area contributed by atoms with E-state index in [2.05, 4.69) is 21.9 Å². The Morgan fingerprint density at radius 2 is 1.95 bits per heavy atom.